The molecule has 0 radical (unpaired) electrons. The van der Waals surface area contributed by atoms with Crippen molar-refractivity contribution in [3.8, 4) is 0 Å². The van der Waals surface area contributed by atoms with Crippen LogP contribution in [0.4, 0.5) is 5.69 Å². The van der Waals surface area contributed by atoms with Crippen molar-refractivity contribution in [3.05, 3.63) is 64.1 Å². The van der Waals surface area contributed by atoms with Crippen LogP contribution >= 0.6 is 11.3 Å². The molecule has 1 atom stereocenters. The van der Waals surface area contributed by atoms with Gasteiger partial charge in [-0.3, -0.25) is 4.79 Å². The van der Waals surface area contributed by atoms with Gasteiger partial charge in [-0.1, -0.05) is 23.4 Å². The molecule has 1 N–H and O–H groups in total. The zero-order chi connectivity index (χ0) is 17.9. The fourth-order valence-electron chi connectivity index (χ4n) is 3.31. The Morgan fingerprint density at radius 3 is 2.88 bits per heavy atom. The lowest BCUT2D eigenvalue weighted by Crippen LogP contribution is -2.31. The Kier molecular flexibility index (Phi) is 4.81. The monoisotopic (exact) mass is 367 g/mol. The number of amides is 1. The van der Waals surface area contributed by atoms with E-state index in [2.05, 4.69) is 21.0 Å². The van der Waals surface area contributed by atoms with Crippen molar-refractivity contribution >= 4 is 22.9 Å². The molecule has 6 nitrogen and oxygen atoms in total. The number of carbonyl (C=O) groups is 1. The van der Waals surface area contributed by atoms with Crippen molar-refractivity contribution in [2.24, 2.45) is 0 Å². The number of anilines is 1. The van der Waals surface area contributed by atoms with E-state index in [1.807, 2.05) is 53.4 Å². The highest BCUT2D eigenvalue weighted by molar-refractivity contribution is 7.07. The zero-order valence-electron chi connectivity index (χ0n) is 14.6. The van der Waals surface area contributed by atoms with Crippen LogP contribution in [0.25, 0.3) is 0 Å². The highest BCUT2D eigenvalue weighted by Crippen LogP contribution is 2.23. The van der Waals surface area contributed by atoms with Gasteiger partial charge in [-0.05, 0) is 54.4 Å². The van der Waals surface area contributed by atoms with Crippen molar-refractivity contribution in [1.29, 1.82) is 0 Å². The second-order valence-corrected chi connectivity index (χ2v) is 7.25. The Hall–Kier alpha value is -2.51. The van der Waals surface area contributed by atoms with Gasteiger partial charge in [0.1, 0.15) is 0 Å². The minimum absolute atomic E-state index is 0.114. The number of thiophene rings is 1. The predicted octanol–water partition coefficient (Wildman–Crippen LogP) is 3.03. The number of carbonyl (C=O) groups excluding carboxylic acids is 1. The van der Waals surface area contributed by atoms with E-state index in [4.69, 9.17) is 0 Å². The molecule has 1 aliphatic rings. The molecular weight excluding hydrogens is 346 g/mol. The number of rotatable bonds is 5. The molecule has 7 heteroatoms. The van der Waals surface area contributed by atoms with Crippen molar-refractivity contribution in [2.75, 3.05) is 18.0 Å². The van der Waals surface area contributed by atoms with Crippen LogP contribution < -0.4 is 10.2 Å². The minimum Gasteiger partial charge on any atom is -0.315 e. The Labute approximate surface area is 156 Å². The molecule has 0 bridgehead atoms. The van der Waals surface area contributed by atoms with E-state index >= 15 is 0 Å². The lowest BCUT2D eigenvalue weighted by molar-refractivity contribution is 0.0979. The molecule has 4 rings (SSSR count). The van der Waals surface area contributed by atoms with E-state index in [1.165, 1.54) is 0 Å². The van der Waals surface area contributed by atoms with Gasteiger partial charge in [0.2, 0.25) is 0 Å². The molecule has 2 aromatic heterocycles. The number of aromatic nitrogens is 3. The maximum atomic E-state index is 13.3. The van der Waals surface area contributed by atoms with Crippen LogP contribution in [0.1, 0.15) is 34.2 Å². The second kappa shape index (κ2) is 7.39. The summed E-state index contributed by atoms with van der Waals surface area (Å²) in [4.78, 5) is 15.1. The van der Waals surface area contributed by atoms with Crippen molar-refractivity contribution in [2.45, 2.75) is 25.9 Å². The maximum Gasteiger partial charge on any atom is 0.281 e. The summed E-state index contributed by atoms with van der Waals surface area (Å²) in [6.45, 7) is 4.29. The lowest BCUT2D eigenvalue weighted by atomic mass is 10.2. The van der Waals surface area contributed by atoms with Crippen molar-refractivity contribution in [1.82, 2.24) is 20.3 Å². The van der Waals surface area contributed by atoms with E-state index in [0.29, 0.717) is 12.2 Å². The molecule has 1 aliphatic heterocycles. The topological polar surface area (TPSA) is 63.1 Å². The normalized spacial score (nSPS) is 16.7. The molecule has 134 valence electrons. The molecule has 3 heterocycles. The van der Waals surface area contributed by atoms with Gasteiger partial charge in [0.15, 0.2) is 5.69 Å². The number of benzene rings is 1. The second-order valence-electron chi connectivity index (χ2n) is 6.47. The summed E-state index contributed by atoms with van der Waals surface area (Å²) in [6.07, 6.45) is 1.01. The van der Waals surface area contributed by atoms with Gasteiger partial charge in [0, 0.05) is 12.2 Å². The van der Waals surface area contributed by atoms with Crippen LogP contribution in [0.2, 0.25) is 0 Å². The first-order valence-electron chi connectivity index (χ1n) is 8.74. The quantitative estimate of drug-likeness (QED) is 0.753. The van der Waals surface area contributed by atoms with Crippen LogP contribution in [0.5, 0.6) is 0 Å². The maximum absolute atomic E-state index is 13.3. The molecule has 26 heavy (non-hydrogen) atoms. The number of nitrogens with zero attached hydrogens (tertiary/aromatic N) is 4. The third kappa shape index (κ3) is 3.27. The Morgan fingerprint density at radius 2 is 2.19 bits per heavy atom. The summed E-state index contributed by atoms with van der Waals surface area (Å²) < 4.78 is 1.89. The van der Waals surface area contributed by atoms with Crippen LogP contribution in [0.15, 0.2) is 47.2 Å². The van der Waals surface area contributed by atoms with Crippen LogP contribution in [-0.4, -0.2) is 34.0 Å². The summed E-state index contributed by atoms with van der Waals surface area (Å²) in [5, 5.41) is 15.9. The molecule has 1 amide bonds. The highest BCUT2D eigenvalue weighted by Gasteiger charge is 2.27. The Balaban J connectivity index is 1.66. The summed E-state index contributed by atoms with van der Waals surface area (Å²) >= 11 is 1.63. The van der Waals surface area contributed by atoms with E-state index in [9.17, 15) is 4.79 Å². The van der Waals surface area contributed by atoms with Gasteiger partial charge >= 0.3 is 0 Å². The summed E-state index contributed by atoms with van der Waals surface area (Å²) in [7, 11) is 0. The molecule has 0 saturated carbocycles. The van der Waals surface area contributed by atoms with Gasteiger partial charge in [0.25, 0.3) is 5.91 Å². The molecule has 1 saturated heterocycles. The average Bonchev–Trinajstić information content (AvgIpc) is 3.42. The predicted molar refractivity (Wildman–Crippen MR) is 103 cm³/mol. The number of para-hydroxylation sites is 1. The number of hydrogen-bond acceptors (Lipinski definition) is 5. The van der Waals surface area contributed by atoms with Crippen LogP contribution in [0, 0.1) is 6.92 Å². The fourth-order valence-corrected chi connectivity index (χ4v) is 3.97. The van der Waals surface area contributed by atoms with Crippen LogP contribution in [0.3, 0.4) is 0 Å². The molecule has 0 aliphatic carbocycles. The Morgan fingerprint density at radius 1 is 1.35 bits per heavy atom. The van der Waals surface area contributed by atoms with Gasteiger partial charge in [-0.15, -0.1) is 5.10 Å². The van der Waals surface area contributed by atoms with Crippen LogP contribution in [-0.2, 0) is 6.54 Å². The molecule has 1 aromatic carbocycles. The Bertz CT molecular complexity index is 869. The summed E-state index contributed by atoms with van der Waals surface area (Å²) in [6, 6.07) is 12.0. The zero-order valence-corrected chi connectivity index (χ0v) is 15.4. The van der Waals surface area contributed by atoms with Gasteiger partial charge in [-0.25, -0.2) is 4.68 Å². The van der Waals surface area contributed by atoms with Gasteiger partial charge in [0.05, 0.1) is 18.3 Å². The van der Waals surface area contributed by atoms with Gasteiger partial charge < -0.3 is 10.2 Å². The molecule has 1 fully saturated rings. The van der Waals surface area contributed by atoms with Crippen molar-refractivity contribution in [3.63, 3.8) is 0 Å². The first-order valence-corrected chi connectivity index (χ1v) is 9.69. The lowest BCUT2D eigenvalue weighted by Gasteiger charge is -2.22. The number of hydrogen-bond donors (Lipinski definition) is 1. The minimum atomic E-state index is -0.114. The van der Waals surface area contributed by atoms with E-state index in [-0.39, 0.29) is 11.9 Å². The highest BCUT2D eigenvalue weighted by atomic mass is 32.1. The third-order valence-corrected chi connectivity index (χ3v) is 5.48. The average molecular weight is 367 g/mol. The standard InChI is InChI=1S/C19H21N5OS/c1-14-18(21-22-24(14)17-7-9-20-11-17)19(25)23(12-15-8-10-26-13-15)16-5-3-2-4-6-16/h2-6,8,10,13,17,20H,7,9,11-12H2,1H3. The van der Waals surface area contributed by atoms with E-state index in [1.54, 1.807) is 16.2 Å². The summed E-state index contributed by atoms with van der Waals surface area (Å²) in [5.74, 6) is -0.114. The largest absolute Gasteiger partial charge is 0.315 e. The third-order valence-electron chi connectivity index (χ3n) is 4.74. The van der Waals surface area contributed by atoms with Gasteiger partial charge in [-0.2, -0.15) is 11.3 Å². The first kappa shape index (κ1) is 16.9. The van der Waals surface area contributed by atoms with E-state index in [0.717, 1.165) is 36.5 Å². The van der Waals surface area contributed by atoms with Crippen molar-refractivity contribution < 1.29 is 4.79 Å². The molecule has 0 spiro atoms. The SMILES string of the molecule is Cc1c(C(=O)N(Cc2ccsc2)c2ccccc2)nnn1C1CCNC1. The van der Waals surface area contributed by atoms with E-state index < -0.39 is 0 Å². The smallest absolute Gasteiger partial charge is 0.281 e. The molecular formula is C19H21N5OS. The number of nitrogens with one attached hydrogen (secondary N) is 1. The summed E-state index contributed by atoms with van der Waals surface area (Å²) in [5.41, 5.74) is 3.23. The molecule has 1 unspecified atom stereocenters. The first-order chi connectivity index (χ1) is 12.7. The fraction of sp³-hybridized carbons (Fsp3) is 0.316. The molecule has 3 aromatic rings.